The first kappa shape index (κ1) is 26.4. The summed E-state index contributed by atoms with van der Waals surface area (Å²) in [4.78, 5) is 15.5. The van der Waals surface area contributed by atoms with Gasteiger partial charge in [-0.1, -0.05) is 29.8 Å². The molecule has 2 aromatic carbocycles. The van der Waals surface area contributed by atoms with Gasteiger partial charge in [-0.2, -0.15) is 0 Å². The summed E-state index contributed by atoms with van der Waals surface area (Å²) in [6.07, 6.45) is 9.04. The van der Waals surface area contributed by atoms with Gasteiger partial charge in [-0.25, -0.2) is 13.1 Å². The molecule has 7 rings (SSSR count). The number of fused-ring (bicyclic) bond motifs is 5. The van der Waals surface area contributed by atoms with Gasteiger partial charge < -0.3 is 14.7 Å². The van der Waals surface area contributed by atoms with Gasteiger partial charge in [0, 0.05) is 29.1 Å². The lowest BCUT2D eigenvalue weighted by atomic mass is 9.68. The average molecular weight is 583 g/mol. The van der Waals surface area contributed by atoms with Crippen molar-refractivity contribution in [2.75, 3.05) is 30.3 Å². The lowest BCUT2D eigenvalue weighted by Gasteiger charge is -2.45. The Kier molecular flexibility index (Phi) is 6.44. The summed E-state index contributed by atoms with van der Waals surface area (Å²) in [5.74, 6) is 0.531. The van der Waals surface area contributed by atoms with Crippen molar-refractivity contribution in [3.05, 3.63) is 70.3 Å². The summed E-state index contributed by atoms with van der Waals surface area (Å²) in [6.45, 7) is 1.94. The molecule has 1 spiro atoms. The molecule has 2 aromatic rings. The first-order valence-corrected chi connectivity index (χ1v) is 16.4. The summed E-state index contributed by atoms with van der Waals surface area (Å²) in [7, 11) is -3.79. The van der Waals surface area contributed by atoms with E-state index in [1.165, 1.54) is 11.1 Å². The Labute approximate surface area is 240 Å². The number of benzene rings is 2. The molecule has 2 N–H and O–H groups in total. The fourth-order valence-electron chi connectivity index (χ4n) is 7.43. The highest BCUT2D eigenvalue weighted by atomic mass is 35.5. The minimum atomic E-state index is -3.79. The van der Waals surface area contributed by atoms with Crippen molar-refractivity contribution in [3.63, 3.8) is 0 Å². The van der Waals surface area contributed by atoms with Gasteiger partial charge in [0.1, 0.15) is 5.75 Å². The molecule has 3 aliphatic carbocycles. The number of rotatable bonds is 0. The van der Waals surface area contributed by atoms with Gasteiger partial charge in [0.25, 0.3) is 5.91 Å². The molecule has 9 heteroatoms. The largest absolute Gasteiger partial charge is 0.490 e. The first-order valence-electron chi connectivity index (χ1n) is 14.4. The van der Waals surface area contributed by atoms with Crippen LogP contribution >= 0.6 is 11.6 Å². The van der Waals surface area contributed by atoms with E-state index in [9.17, 15) is 18.3 Å². The van der Waals surface area contributed by atoms with E-state index in [-0.39, 0.29) is 28.9 Å². The number of hydrogen-bond donors (Lipinski definition) is 2. The Balaban J connectivity index is 1.29. The van der Waals surface area contributed by atoms with E-state index in [0.29, 0.717) is 30.4 Å². The molecule has 7 nitrogen and oxygen atoms in total. The number of allylic oxidation sites excluding steroid dienone is 1. The summed E-state index contributed by atoms with van der Waals surface area (Å²) >= 11 is 6.37. The molecule has 40 heavy (non-hydrogen) atoms. The number of anilines is 1. The van der Waals surface area contributed by atoms with E-state index in [1.54, 1.807) is 18.2 Å². The third-order valence-electron chi connectivity index (χ3n) is 9.88. The lowest BCUT2D eigenvalue weighted by Crippen LogP contribution is -2.49. The zero-order valence-corrected chi connectivity index (χ0v) is 24.0. The Morgan fingerprint density at radius 1 is 1.10 bits per heavy atom. The van der Waals surface area contributed by atoms with Crippen LogP contribution in [0.5, 0.6) is 5.75 Å². The van der Waals surface area contributed by atoms with E-state index in [0.717, 1.165) is 55.8 Å². The van der Waals surface area contributed by atoms with Crippen LogP contribution in [0.2, 0.25) is 5.02 Å². The van der Waals surface area contributed by atoms with Crippen molar-refractivity contribution in [3.8, 4) is 5.75 Å². The molecule has 2 saturated carbocycles. The minimum Gasteiger partial charge on any atom is -0.490 e. The molecule has 0 unspecified atom stereocenters. The SMILES string of the molecule is O=C1NS(=O)(=O)C[C@@H]2C[C@H]2/C=C/[C@H](O)[C@@H]2CC[C@H]2CN2C[C@@]3(CCCc4cc(Cl)ccc43)COc3ccc1cc32. The van der Waals surface area contributed by atoms with Gasteiger partial charge in [0.2, 0.25) is 10.0 Å². The van der Waals surface area contributed by atoms with Gasteiger partial charge in [-0.05, 0) is 104 Å². The van der Waals surface area contributed by atoms with Gasteiger partial charge in [-0.3, -0.25) is 4.79 Å². The molecule has 5 aliphatic rings. The van der Waals surface area contributed by atoms with Crippen molar-refractivity contribution < 1.29 is 23.1 Å². The van der Waals surface area contributed by atoms with E-state index in [1.807, 2.05) is 18.2 Å². The van der Waals surface area contributed by atoms with Crippen LogP contribution in [-0.4, -0.2) is 51.0 Å². The van der Waals surface area contributed by atoms with E-state index in [2.05, 4.69) is 21.8 Å². The van der Waals surface area contributed by atoms with E-state index < -0.39 is 22.0 Å². The predicted molar refractivity (Wildman–Crippen MR) is 154 cm³/mol. The topological polar surface area (TPSA) is 95.9 Å². The number of amides is 1. The van der Waals surface area contributed by atoms with Crippen molar-refractivity contribution in [2.24, 2.45) is 23.7 Å². The van der Waals surface area contributed by atoms with Crippen LogP contribution in [0, 0.1) is 23.7 Å². The number of hydrogen-bond acceptors (Lipinski definition) is 6. The number of nitrogens with zero attached hydrogens (tertiary/aromatic N) is 1. The second-order valence-corrected chi connectivity index (χ2v) is 14.7. The Hall–Kier alpha value is -2.55. The Bertz CT molecular complexity index is 1490. The van der Waals surface area contributed by atoms with Crippen molar-refractivity contribution >= 4 is 33.2 Å². The number of carbonyl (C=O) groups is 1. The summed E-state index contributed by atoms with van der Waals surface area (Å²) < 4.78 is 34.4. The second kappa shape index (κ2) is 9.78. The molecular formula is C31H35ClN2O5S. The van der Waals surface area contributed by atoms with Gasteiger partial charge in [0.05, 0.1) is 24.2 Å². The molecule has 2 bridgehead atoms. The third-order valence-corrected chi connectivity index (χ3v) is 11.5. The average Bonchev–Trinajstić information content (AvgIpc) is 3.65. The smallest absolute Gasteiger partial charge is 0.264 e. The zero-order chi connectivity index (χ0) is 27.6. The molecule has 0 radical (unpaired) electrons. The highest BCUT2D eigenvalue weighted by Gasteiger charge is 2.45. The fourth-order valence-corrected chi connectivity index (χ4v) is 9.06. The maximum Gasteiger partial charge on any atom is 0.264 e. The first-order chi connectivity index (χ1) is 19.2. The monoisotopic (exact) mass is 582 g/mol. The molecular weight excluding hydrogens is 548 g/mol. The number of aliphatic hydroxyl groups is 1. The van der Waals surface area contributed by atoms with Crippen LogP contribution in [-0.2, 0) is 21.9 Å². The number of aliphatic hydroxyl groups excluding tert-OH is 1. The van der Waals surface area contributed by atoms with Crippen LogP contribution in [0.4, 0.5) is 5.69 Å². The molecule has 2 aliphatic heterocycles. The number of carbonyl (C=O) groups excluding carboxylic acids is 1. The molecule has 212 valence electrons. The molecule has 2 heterocycles. The highest BCUT2D eigenvalue weighted by molar-refractivity contribution is 7.90. The van der Waals surface area contributed by atoms with Crippen molar-refractivity contribution in [1.29, 1.82) is 0 Å². The standard InChI is InChI=1S/C31H35ClN2O5S/c32-24-6-8-26-20(13-24)2-1-11-31(26)17-34-15-22-3-7-25(22)28(35)9-4-19-12-23(19)16-40(37,38)33-30(36)21-5-10-29(39-18-31)27(34)14-21/h4-6,8-10,13-14,19,22-23,25,28,35H,1-3,7,11-12,15-18H2,(H,33,36)/b9-4+/t19-,22+,23+,25-,28+,31+/m1/s1. The van der Waals surface area contributed by atoms with Gasteiger partial charge in [-0.15, -0.1) is 0 Å². The summed E-state index contributed by atoms with van der Waals surface area (Å²) in [6, 6.07) is 11.4. The zero-order valence-electron chi connectivity index (χ0n) is 22.4. The van der Waals surface area contributed by atoms with Crippen molar-refractivity contribution in [1.82, 2.24) is 4.72 Å². The van der Waals surface area contributed by atoms with E-state index in [4.69, 9.17) is 16.3 Å². The number of sulfonamides is 1. The summed E-state index contributed by atoms with van der Waals surface area (Å²) in [5.41, 5.74) is 3.37. The second-order valence-electron chi connectivity index (χ2n) is 12.5. The maximum absolute atomic E-state index is 13.2. The number of halogens is 1. The Morgan fingerprint density at radius 3 is 2.80 bits per heavy atom. The maximum atomic E-state index is 13.2. The van der Waals surface area contributed by atoms with Crippen molar-refractivity contribution in [2.45, 2.75) is 50.0 Å². The highest BCUT2D eigenvalue weighted by Crippen LogP contribution is 2.47. The van der Waals surface area contributed by atoms with Crippen LogP contribution in [0.25, 0.3) is 0 Å². The quantitative estimate of drug-likeness (QED) is 0.445. The van der Waals surface area contributed by atoms with E-state index >= 15 is 0 Å². The fraction of sp³-hybridized carbons (Fsp3) is 0.516. The molecule has 2 fully saturated rings. The number of aryl methyl sites for hydroxylation is 1. The van der Waals surface area contributed by atoms with Gasteiger partial charge in [0.15, 0.2) is 0 Å². The number of nitrogens with one attached hydrogen (secondary N) is 1. The van der Waals surface area contributed by atoms with Crippen LogP contribution < -0.4 is 14.4 Å². The minimum absolute atomic E-state index is 0.0285. The summed E-state index contributed by atoms with van der Waals surface area (Å²) in [5, 5.41) is 11.8. The lowest BCUT2D eigenvalue weighted by molar-refractivity contribution is 0.0455. The molecule has 0 saturated heterocycles. The normalized spacial score (nSPS) is 35.1. The third kappa shape index (κ3) is 4.82. The molecule has 1 amide bonds. The van der Waals surface area contributed by atoms with Crippen LogP contribution in [0.15, 0.2) is 48.6 Å². The predicted octanol–water partition coefficient (Wildman–Crippen LogP) is 4.47. The Morgan fingerprint density at radius 2 is 1.98 bits per heavy atom. The van der Waals surface area contributed by atoms with Gasteiger partial charge >= 0.3 is 0 Å². The molecule has 6 atom stereocenters. The van der Waals surface area contributed by atoms with Crippen LogP contribution in [0.3, 0.4) is 0 Å². The van der Waals surface area contributed by atoms with Crippen LogP contribution in [0.1, 0.15) is 53.6 Å². The number of ether oxygens (including phenoxy) is 1. The molecule has 0 aromatic heterocycles.